The van der Waals surface area contributed by atoms with Gasteiger partial charge in [0.25, 0.3) is 0 Å². The lowest BCUT2D eigenvalue weighted by Gasteiger charge is -2.41. The van der Waals surface area contributed by atoms with Crippen molar-refractivity contribution < 1.29 is 13.2 Å². The highest BCUT2D eigenvalue weighted by molar-refractivity contribution is 5.84. The molecule has 0 bridgehead atoms. The van der Waals surface area contributed by atoms with Gasteiger partial charge in [0.1, 0.15) is 6.54 Å². The van der Waals surface area contributed by atoms with E-state index < -0.39 is 12.7 Å². The van der Waals surface area contributed by atoms with Crippen LogP contribution < -0.4 is 0 Å². The summed E-state index contributed by atoms with van der Waals surface area (Å²) in [5.41, 5.74) is 3.20. The van der Waals surface area contributed by atoms with Crippen LogP contribution in [0.1, 0.15) is 24.1 Å². The highest BCUT2D eigenvalue weighted by atomic mass is 19.4. The Hall–Kier alpha value is -2.73. The zero-order valence-electron chi connectivity index (χ0n) is 17.5. The summed E-state index contributed by atoms with van der Waals surface area (Å²) in [5.74, 6) is 0. The molecule has 1 aromatic heterocycles. The number of aromatic amines is 1. The van der Waals surface area contributed by atoms with Crippen LogP contribution in [-0.4, -0.2) is 53.2 Å². The molecule has 1 aliphatic rings. The molecule has 1 fully saturated rings. The minimum Gasteiger partial charge on any atom is -0.357 e. The van der Waals surface area contributed by atoms with Gasteiger partial charge in [0.15, 0.2) is 0 Å². The summed E-state index contributed by atoms with van der Waals surface area (Å²) in [4.78, 5) is 6.97. The molecule has 0 spiro atoms. The van der Waals surface area contributed by atoms with Gasteiger partial charge in [-0.1, -0.05) is 55.1 Å². The van der Waals surface area contributed by atoms with E-state index in [2.05, 4.69) is 28.6 Å². The number of nitrogens with one attached hydrogen (secondary N) is 1. The van der Waals surface area contributed by atoms with Crippen molar-refractivity contribution in [1.82, 2.24) is 14.8 Å². The molecule has 1 N–H and O–H groups in total. The molecule has 164 valence electrons. The Bertz CT molecular complexity index is 977. The second-order valence-corrected chi connectivity index (χ2v) is 8.29. The molecule has 3 nitrogen and oxygen atoms in total. The maximum absolute atomic E-state index is 13.5. The first-order valence-electron chi connectivity index (χ1n) is 10.8. The number of fused-ring (bicyclic) bond motifs is 1. The number of likely N-dealkylation sites (tertiary alicyclic amines) is 1. The molecule has 3 aromatic rings. The molecule has 2 heterocycles. The van der Waals surface area contributed by atoms with Crippen molar-refractivity contribution in [2.24, 2.45) is 0 Å². The molecule has 0 aliphatic carbocycles. The predicted molar refractivity (Wildman–Crippen MR) is 120 cm³/mol. The largest absolute Gasteiger partial charge is 0.405 e. The van der Waals surface area contributed by atoms with Crippen LogP contribution in [0.5, 0.6) is 0 Å². The highest BCUT2D eigenvalue weighted by Gasteiger charge is 2.36. The maximum Gasteiger partial charge on any atom is 0.405 e. The number of alkyl halides is 3. The summed E-state index contributed by atoms with van der Waals surface area (Å²) < 4.78 is 40.5. The number of aromatic nitrogens is 1. The number of piperidine rings is 1. The average Bonchev–Trinajstić information content (AvgIpc) is 3.20. The van der Waals surface area contributed by atoms with E-state index in [9.17, 15) is 13.2 Å². The van der Waals surface area contributed by atoms with E-state index >= 15 is 0 Å². The first-order chi connectivity index (χ1) is 14.9. The molecule has 31 heavy (non-hydrogen) atoms. The van der Waals surface area contributed by atoms with E-state index in [1.54, 1.807) is 0 Å². The molecular weight excluding hydrogens is 399 g/mol. The van der Waals surface area contributed by atoms with E-state index in [0.29, 0.717) is 17.9 Å². The number of rotatable bonds is 7. The van der Waals surface area contributed by atoms with Gasteiger partial charge in [-0.15, -0.1) is 0 Å². The van der Waals surface area contributed by atoms with Crippen LogP contribution in [0.2, 0.25) is 0 Å². The van der Waals surface area contributed by atoms with E-state index in [1.807, 2.05) is 48.5 Å². The Balaban J connectivity index is 1.50. The Morgan fingerprint density at radius 3 is 2.58 bits per heavy atom. The van der Waals surface area contributed by atoms with Gasteiger partial charge in [0.05, 0.1) is 11.4 Å². The summed E-state index contributed by atoms with van der Waals surface area (Å²) in [5, 5.41) is 0.971. The van der Waals surface area contributed by atoms with Crippen molar-refractivity contribution >= 4 is 16.6 Å². The number of benzene rings is 2. The molecule has 6 heteroatoms. The summed E-state index contributed by atoms with van der Waals surface area (Å²) >= 11 is 0. The highest BCUT2D eigenvalue weighted by Crippen LogP contribution is 2.30. The second kappa shape index (κ2) is 9.18. The van der Waals surface area contributed by atoms with Crippen LogP contribution >= 0.6 is 0 Å². The van der Waals surface area contributed by atoms with Gasteiger partial charge < -0.3 is 14.8 Å². The van der Waals surface area contributed by atoms with Crippen LogP contribution in [-0.2, 0) is 6.42 Å². The number of hydrogen-bond donors (Lipinski definition) is 1. The van der Waals surface area contributed by atoms with Crippen molar-refractivity contribution in [3.05, 3.63) is 78.5 Å². The monoisotopic (exact) mass is 427 g/mol. The molecule has 0 amide bonds. The zero-order chi connectivity index (χ0) is 21.8. The van der Waals surface area contributed by atoms with Gasteiger partial charge >= 0.3 is 6.18 Å². The minimum atomic E-state index is -4.29. The molecule has 0 saturated carbocycles. The van der Waals surface area contributed by atoms with E-state index in [4.69, 9.17) is 0 Å². The molecule has 2 aromatic carbocycles. The summed E-state index contributed by atoms with van der Waals surface area (Å²) in [6.07, 6.45) is -1.78. The van der Waals surface area contributed by atoms with Gasteiger partial charge in [0, 0.05) is 30.0 Å². The Morgan fingerprint density at radius 2 is 1.84 bits per heavy atom. The minimum absolute atomic E-state index is 0.218. The van der Waals surface area contributed by atoms with Crippen LogP contribution in [0.4, 0.5) is 13.2 Å². The smallest absolute Gasteiger partial charge is 0.357 e. The van der Waals surface area contributed by atoms with Crippen molar-refractivity contribution in [3.63, 3.8) is 0 Å². The number of hydrogen-bond acceptors (Lipinski definition) is 2. The fourth-order valence-electron chi connectivity index (χ4n) is 4.44. The molecule has 0 radical (unpaired) electrons. The third-order valence-electron chi connectivity index (χ3n) is 6.02. The van der Waals surface area contributed by atoms with E-state index in [-0.39, 0.29) is 6.04 Å². The molecular formula is C25H28F3N3. The molecule has 4 rings (SSSR count). The van der Waals surface area contributed by atoms with Crippen molar-refractivity contribution in [2.45, 2.75) is 31.5 Å². The van der Waals surface area contributed by atoms with Gasteiger partial charge in [-0.3, -0.25) is 0 Å². The Kier molecular flexibility index (Phi) is 6.37. The Labute approximate surface area is 181 Å². The van der Waals surface area contributed by atoms with Gasteiger partial charge in [0.2, 0.25) is 0 Å². The van der Waals surface area contributed by atoms with Crippen LogP contribution in [0.15, 0.2) is 67.2 Å². The summed E-state index contributed by atoms with van der Waals surface area (Å²) in [6.45, 7) is 5.47. The SMILES string of the molecule is C=C(c1cc2ccccc2[nH]1)N(CC(F)(F)F)C1CCCN(CCc2ccccc2)C1. The van der Waals surface area contributed by atoms with Gasteiger partial charge in [-0.2, -0.15) is 13.2 Å². The van der Waals surface area contributed by atoms with Gasteiger partial charge in [-0.05, 0) is 43.5 Å². The molecule has 1 unspecified atom stereocenters. The number of para-hydroxylation sites is 1. The Morgan fingerprint density at radius 1 is 1.10 bits per heavy atom. The van der Waals surface area contributed by atoms with Gasteiger partial charge in [-0.25, -0.2) is 0 Å². The number of nitrogens with zero attached hydrogens (tertiary/aromatic N) is 2. The summed E-state index contributed by atoms with van der Waals surface area (Å²) in [6, 6.07) is 19.6. The lowest BCUT2D eigenvalue weighted by atomic mass is 10.0. The topological polar surface area (TPSA) is 22.3 Å². The molecule has 1 saturated heterocycles. The maximum atomic E-state index is 13.5. The van der Waals surface area contributed by atoms with Crippen molar-refractivity contribution in [3.8, 4) is 0 Å². The van der Waals surface area contributed by atoms with E-state index in [1.165, 1.54) is 10.5 Å². The molecule has 1 atom stereocenters. The quantitative estimate of drug-likeness (QED) is 0.522. The fraction of sp³-hybridized carbons (Fsp3) is 0.360. The average molecular weight is 428 g/mol. The third-order valence-corrected chi connectivity index (χ3v) is 6.02. The van der Waals surface area contributed by atoms with Crippen molar-refractivity contribution in [2.75, 3.05) is 26.2 Å². The molecule has 1 aliphatic heterocycles. The third kappa shape index (κ3) is 5.50. The number of halogens is 3. The summed E-state index contributed by atoms with van der Waals surface area (Å²) in [7, 11) is 0. The fourth-order valence-corrected chi connectivity index (χ4v) is 4.44. The van der Waals surface area contributed by atoms with E-state index in [0.717, 1.165) is 43.3 Å². The second-order valence-electron chi connectivity index (χ2n) is 8.29. The normalized spacial score (nSPS) is 17.7. The van der Waals surface area contributed by atoms with Crippen molar-refractivity contribution in [1.29, 1.82) is 0 Å². The standard InChI is InChI=1S/C25H28F3N3/c1-19(24-16-21-10-5-6-12-23(21)29-24)31(18-25(26,27)28)22-11-7-14-30(17-22)15-13-20-8-3-2-4-9-20/h2-6,8-10,12,16,22,29H,1,7,11,13-15,17-18H2. The lowest BCUT2D eigenvalue weighted by molar-refractivity contribution is -0.144. The predicted octanol–water partition coefficient (Wildman–Crippen LogP) is 5.71. The first-order valence-corrected chi connectivity index (χ1v) is 10.8. The zero-order valence-corrected chi connectivity index (χ0v) is 17.5. The van der Waals surface area contributed by atoms with Crippen LogP contribution in [0, 0.1) is 0 Å². The van der Waals surface area contributed by atoms with Crippen LogP contribution in [0.3, 0.4) is 0 Å². The first kappa shape index (κ1) is 21.5. The lowest BCUT2D eigenvalue weighted by Crippen LogP contribution is -2.50. The van der Waals surface area contributed by atoms with Crippen LogP contribution in [0.25, 0.3) is 16.6 Å². The number of H-pyrrole nitrogens is 1.